The largest absolute Gasteiger partial charge is 0.459 e. The van der Waals surface area contributed by atoms with Crippen molar-refractivity contribution >= 4 is 28.4 Å². The van der Waals surface area contributed by atoms with Crippen LogP contribution in [0.4, 0.5) is 15.9 Å². The molecule has 0 radical (unpaired) electrons. The van der Waals surface area contributed by atoms with Crippen molar-refractivity contribution in [1.82, 2.24) is 9.97 Å². The summed E-state index contributed by atoms with van der Waals surface area (Å²) >= 11 is 1.50. The Hall–Kier alpha value is -2.93. The molecule has 1 aromatic heterocycles. The normalized spacial score (nSPS) is 12.2. The number of aromatic nitrogens is 2. The van der Waals surface area contributed by atoms with Crippen molar-refractivity contribution in [2.24, 2.45) is 4.99 Å². The van der Waals surface area contributed by atoms with Gasteiger partial charge in [-0.2, -0.15) is 4.98 Å². The molecule has 2 aromatic rings. The first-order valence-electron chi connectivity index (χ1n) is 9.29. The van der Waals surface area contributed by atoms with E-state index in [0.717, 1.165) is 29.6 Å². The Morgan fingerprint density at radius 2 is 2.14 bits per heavy atom. The number of benzene rings is 1. The summed E-state index contributed by atoms with van der Waals surface area (Å²) in [5.41, 5.74) is 1.72. The smallest absolute Gasteiger partial charge is 0.318 e. The van der Waals surface area contributed by atoms with Gasteiger partial charge in [0.25, 0.3) is 0 Å². The first-order valence-corrected chi connectivity index (χ1v) is 10.3. The molecule has 0 fully saturated rings. The molecule has 152 valence electrons. The number of rotatable bonds is 9. The van der Waals surface area contributed by atoms with Gasteiger partial charge in [-0.3, -0.25) is 0 Å². The van der Waals surface area contributed by atoms with E-state index in [9.17, 15) is 4.39 Å². The molecule has 0 atom stereocenters. The first kappa shape index (κ1) is 22.4. The van der Waals surface area contributed by atoms with Crippen LogP contribution in [0.5, 0.6) is 6.01 Å². The summed E-state index contributed by atoms with van der Waals surface area (Å²) in [7, 11) is 0. The zero-order valence-electron chi connectivity index (χ0n) is 16.6. The number of amidine groups is 1. The van der Waals surface area contributed by atoms with Crippen molar-refractivity contribution in [2.45, 2.75) is 20.3 Å². The minimum Gasteiger partial charge on any atom is -0.459 e. The molecule has 5 nitrogen and oxygen atoms in total. The van der Waals surface area contributed by atoms with Crippen LogP contribution in [0.25, 0.3) is 0 Å². The summed E-state index contributed by atoms with van der Waals surface area (Å²) in [5, 5.41) is 3.76. The molecular formula is C22H25FN4OS. The van der Waals surface area contributed by atoms with Crippen LogP contribution in [0.15, 0.2) is 78.0 Å². The number of anilines is 1. The van der Waals surface area contributed by atoms with Crippen LogP contribution in [0.1, 0.15) is 20.3 Å². The molecule has 0 aliphatic carbocycles. The van der Waals surface area contributed by atoms with Gasteiger partial charge in [0.2, 0.25) is 0 Å². The van der Waals surface area contributed by atoms with Gasteiger partial charge in [0.15, 0.2) is 16.8 Å². The minimum atomic E-state index is -0.616. The van der Waals surface area contributed by atoms with E-state index in [1.165, 1.54) is 11.8 Å². The second kappa shape index (κ2) is 12.5. The van der Waals surface area contributed by atoms with Gasteiger partial charge in [-0.15, -0.1) is 0 Å². The summed E-state index contributed by atoms with van der Waals surface area (Å²) < 4.78 is 19.8. The van der Waals surface area contributed by atoms with E-state index in [4.69, 9.17) is 4.74 Å². The summed E-state index contributed by atoms with van der Waals surface area (Å²) in [4.78, 5) is 12.4. The summed E-state index contributed by atoms with van der Waals surface area (Å²) in [6.45, 7) is 7.97. The van der Waals surface area contributed by atoms with E-state index in [0.29, 0.717) is 5.17 Å². The van der Waals surface area contributed by atoms with Crippen LogP contribution >= 0.6 is 11.8 Å². The standard InChI is InChI=1S/C22H25FN4OS/c1-4-7-11-17(6-3)16-28-21-24-15-19(23)20(26-21)27-22(29-14-5-2)25-18-12-9-8-10-13-18/h4,6-13,15H,3,5,14,16H2,1-2H3,(H,24,25,26,27)/b7-4-,17-11+. The summed E-state index contributed by atoms with van der Waals surface area (Å²) in [6, 6.07) is 9.65. The van der Waals surface area contributed by atoms with Gasteiger partial charge in [-0.1, -0.05) is 67.8 Å². The van der Waals surface area contributed by atoms with Crippen LogP contribution in [0, 0.1) is 5.82 Å². The molecule has 0 amide bonds. The van der Waals surface area contributed by atoms with Crippen LogP contribution in [0.3, 0.4) is 0 Å². The number of hydrogen-bond acceptors (Lipinski definition) is 5. The molecule has 0 unspecified atom stereocenters. The van der Waals surface area contributed by atoms with Gasteiger partial charge in [0.1, 0.15) is 6.61 Å². The third-order valence-electron chi connectivity index (χ3n) is 3.51. The monoisotopic (exact) mass is 412 g/mol. The molecular weight excluding hydrogens is 387 g/mol. The minimum absolute atomic E-state index is 0.0536. The van der Waals surface area contributed by atoms with Gasteiger partial charge in [-0.05, 0) is 31.1 Å². The van der Waals surface area contributed by atoms with Crippen molar-refractivity contribution in [1.29, 1.82) is 0 Å². The Kier molecular flexibility index (Phi) is 9.65. The SMILES string of the molecule is C=C/C(=C\C=C/C)COc1ncc(F)c(N=C(Nc2ccccc2)SCCC)n1. The van der Waals surface area contributed by atoms with E-state index < -0.39 is 5.82 Å². The highest BCUT2D eigenvalue weighted by Gasteiger charge is 2.10. The highest BCUT2D eigenvalue weighted by atomic mass is 32.2. The maximum Gasteiger partial charge on any atom is 0.318 e. The maximum absolute atomic E-state index is 14.3. The van der Waals surface area contributed by atoms with Crippen molar-refractivity contribution in [3.8, 4) is 6.01 Å². The fraction of sp³-hybridized carbons (Fsp3) is 0.227. The number of nitrogens with zero attached hydrogens (tertiary/aromatic N) is 3. The molecule has 0 bridgehead atoms. The van der Waals surface area contributed by atoms with Crippen molar-refractivity contribution in [3.63, 3.8) is 0 Å². The van der Waals surface area contributed by atoms with Crippen molar-refractivity contribution in [3.05, 3.63) is 78.8 Å². The topological polar surface area (TPSA) is 59.4 Å². The fourth-order valence-electron chi connectivity index (χ4n) is 2.07. The number of aliphatic imine (C=N–C) groups is 1. The van der Waals surface area contributed by atoms with Crippen LogP contribution < -0.4 is 10.1 Å². The van der Waals surface area contributed by atoms with Gasteiger partial charge in [0, 0.05) is 11.4 Å². The number of allylic oxidation sites excluding steroid dienone is 3. The van der Waals surface area contributed by atoms with Gasteiger partial charge in [0.05, 0.1) is 6.20 Å². The molecule has 2 rings (SSSR count). The average Bonchev–Trinajstić information content (AvgIpc) is 2.75. The van der Waals surface area contributed by atoms with Gasteiger partial charge < -0.3 is 10.1 Å². The lowest BCUT2D eigenvalue weighted by molar-refractivity contribution is 0.325. The number of thioether (sulfide) groups is 1. The highest BCUT2D eigenvalue weighted by Crippen LogP contribution is 2.21. The van der Waals surface area contributed by atoms with Crippen molar-refractivity contribution in [2.75, 3.05) is 17.7 Å². The number of hydrogen-bond donors (Lipinski definition) is 1. The molecule has 0 aliphatic heterocycles. The predicted octanol–water partition coefficient (Wildman–Crippen LogP) is 5.93. The quantitative estimate of drug-likeness (QED) is 0.314. The highest BCUT2D eigenvalue weighted by molar-refractivity contribution is 8.14. The maximum atomic E-state index is 14.3. The Labute approximate surface area is 175 Å². The molecule has 1 aromatic carbocycles. The van der Waals surface area contributed by atoms with E-state index in [2.05, 4.69) is 33.8 Å². The molecule has 0 spiro atoms. The van der Waals surface area contributed by atoms with E-state index in [1.54, 1.807) is 6.08 Å². The molecule has 29 heavy (non-hydrogen) atoms. The van der Waals surface area contributed by atoms with Crippen molar-refractivity contribution < 1.29 is 9.13 Å². The summed E-state index contributed by atoms with van der Waals surface area (Å²) in [6.07, 6.45) is 9.37. The number of ether oxygens (including phenoxy) is 1. The lowest BCUT2D eigenvalue weighted by Gasteiger charge is -2.10. The third-order valence-corrected chi connectivity index (χ3v) is 4.59. The second-order valence-corrected chi connectivity index (χ2v) is 6.92. The molecule has 7 heteroatoms. The van der Waals surface area contributed by atoms with Crippen LogP contribution in [0.2, 0.25) is 0 Å². The Balaban J connectivity index is 2.21. The van der Waals surface area contributed by atoms with Crippen LogP contribution in [-0.2, 0) is 0 Å². The fourth-order valence-corrected chi connectivity index (χ4v) is 2.81. The average molecular weight is 413 g/mol. The lowest BCUT2D eigenvalue weighted by Crippen LogP contribution is -2.09. The molecule has 0 aliphatic rings. The van der Waals surface area contributed by atoms with Gasteiger partial charge in [-0.25, -0.2) is 14.4 Å². The zero-order chi connectivity index (χ0) is 20.9. The van der Waals surface area contributed by atoms with E-state index in [-0.39, 0.29) is 18.4 Å². The summed E-state index contributed by atoms with van der Waals surface area (Å²) in [5.74, 6) is 0.150. The van der Waals surface area contributed by atoms with Crippen LogP contribution in [-0.4, -0.2) is 27.5 Å². The molecule has 0 saturated heterocycles. The Morgan fingerprint density at radius 1 is 1.34 bits per heavy atom. The number of para-hydroxylation sites is 1. The van der Waals surface area contributed by atoms with E-state index in [1.807, 2.05) is 55.5 Å². The first-order chi connectivity index (χ1) is 14.2. The third kappa shape index (κ3) is 7.91. The molecule has 1 heterocycles. The second-order valence-electron chi connectivity index (χ2n) is 5.84. The molecule has 1 N–H and O–H groups in total. The lowest BCUT2D eigenvalue weighted by atomic mass is 10.2. The van der Waals surface area contributed by atoms with E-state index >= 15 is 0 Å². The van der Waals surface area contributed by atoms with Gasteiger partial charge >= 0.3 is 6.01 Å². The zero-order valence-corrected chi connectivity index (χ0v) is 17.5. The Bertz CT molecular complexity index is 882. The molecule has 0 saturated carbocycles. The number of nitrogens with one attached hydrogen (secondary N) is 1. The predicted molar refractivity (Wildman–Crippen MR) is 120 cm³/mol. The number of halogens is 1. The Morgan fingerprint density at radius 3 is 2.83 bits per heavy atom.